The molecule has 1 saturated heterocycles. The van der Waals surface area contributed by atoms with Gasteiger partial charge in [-0.1, -0.05) is 0 Å². The summed E-state index contributed by atoms with van der Waals surface area (Å²) in [5.41, 5.74) is -0.457. The van der Waals surface area contributed by atoms with Crippen molar-refractivity contribution in [2.24, 2.45) is 4.99 Å². The topological polar surface area (TPSA) is 83.8 Å². The van der Waals surface area contributed by atoms with Crippen LogP contribution in [-0.2, 0) is 11.3 Å². The van der Waals surface area contributed by atoms with Gasteiger partial charge in [0, 0.05) is 45.6 Å². The van der Waals surface area contributed by atoms with Gasteiger partial charge in [-0.15, -0.1) is 0 Å². The number of aromatic nitrogens is 2. The standard InChI is InChI=1S/C16H28N6O2/c1-16(2,3)24-15(23)21-11-13(12-21)20-14(17-4)18-7-5-9-22-10-6-8-19-22/h6,8,10,13H,5,7,9,11-12H2,1-4H3,(H2,17,18,20). The molecular weight excluding hydrogens is 308 g/mol. The fraction of sp³-hybridized carbons (Fsp3) is 0.688. The number of hydrogen-bond acceptors (Lipinski definition) is 4. The van der Waals surface area contributed by atoms with E-state index in [0.29, 0.717) is 13.1 Å². The zero-order chi connectivity index (χ0) is 17.6. The first kappa shape index (κ1) is 18.1. The largest absolute Gasteiger partial charge is 0.444 e. The molecule has 8 heteroatoms. The van der Waals surface area contributed by atoms with Crippen LogP contribution in [0.25, 0.3) is 0 Å². The summed E-state index contributed by atoms with van der Waals surface area (Å²) < 4.78 is 7.25. The molecule has 0 spiro atoms. The summed E-state index contributed by atoms with van der Waals surface area (Å²) in [6.45, 7) is 8.54. The van der Waals surface area contributed by atoms with Gasteiger partial charge in [0.2, 0.25) is 0 Å². The van der Waals surface area contributed by atoms with Crippen LogP contribution in [0.15, 0.2) is 23.5 Å². The van der Waals surface area contributed by atoms with Crippen molar-refractivity contribution in [3.8, 4) is 0 Å². The molecule has 134 valence electrons. The van der Waals surface area contributed by atoms with E-state index in [1.165, 1.54) is 0 Å². The zero-order valence-electron chi connectivity index (χ0n) is 15.0. The van der Waals surface area contributed by atoms with Crippen molar-refractivity contribution in [2.45, 2.75) is 45.4 Å². The number of amides is 1. The Morgan fingerprint density at radius 3 is 2.75 bits per heavy atom. The van der Waals surface area contributed by atoms with E-state index >= 15 is 0 Å². The first-order chi connectivity index (χ1) is 11.4. The zero-order valence-corrected chi connectivity index (χ0v) is 15.0. The summed E-state index contributed by atoms with van der Waals surface area (Å²) in [6, 6.07) is 2.12. The van der Waals surface area contributed by atoms with Gasteiger partial charge in [0.05, 0.1) is 6.04 Å². The van der Waals surface area contributed by atoms with Crippen LogP contribution in [-0.4, -0.2) is 65.1 Å². The van der Waals surface area contributed by atoms with Crippen LogP contribution in [0.4, 0.5) is 4.79 Å². The molecule has 0 aliphatic carbocycles. The Labute approximate surface area is 143 Å². The Morgan fingerprint density at radius 1 is 1.42 bits per heavy atom. The fourth-order valence-electron chi connectivity index (χ4n) is 2.31. The second-order valence-corrected chi connectivity index (χ2v) is 6.85. The van der Waals surface area contributed by atoms with Crippen LogP contribution in [0, 0.1) is 0 Å². The molecule has 2 N–H and O–H groups in total. The summed E-state index contributed by atoms with van der Waals surface area (Å²) in [5, 5.41) is 10.8. The predicted octanol–water partition coefficient (Wildman–Crippen LogP) is 1.06. The van der Waals surface area contributed by atoms with Crippen molar-refractivity contribution >= 4 is 12.1 Å². The highest BCUT2D eigenvalue weighted by Crippen LogP contribution is 2.15. The van der Waals surface area contributed by atoms with E-state index in [1.54, 1.807) is 18.1 Å². The monoisotopic (exact) mass is 336 g/mol. The molecule has 0 saturated carbocycles. The number of ether oxygens (including phenoxy) is 1. The molecule has 2 heterocycles. The predicted molar refractivity (Wildman–Crippen MR) is 92.9 cm³/mol. The quantitative estimate of drug-likeness (QED) is 0.477. The third kappa shape index (κ3) is 5.75. The van der Waals surface area contributed by atoms with Crippen LogP contribution >= 0.6 is 0 Å². The maximum Gasteiger partial charge on any atom is 0.410 e. The number of aryl methyl sites for hydroxylation is 1. The number of guanidine groups is 1. The number of nitrogens with zero attached hydrogens (tertiary/aromatic N) is 4. The van der Waals surface area contributed by atoms with Crippen molar-refractivity contribution in [3.63, 3.8) is 0 Å². The molecule has 8 nitrogen and oxygen atoms in total. The molecule has 0 bridgehead atoms. The molecule has 2 rings (SSSR count). The van der Waals surface area contributed by atoms with Crippen molar-refractivity contribution in [1.29, 1.82) is 0 Å². The van der Waals surface area contributed by atoms with E-state index in [4.69, 9.17) is 4.74 Å². The van der Waals surface area contributed by atoms with Gasteiger partial charge in [-0.2, -0.15) is 5.10 Å². The summed E-state index contributed by atoms with van der Waals surface area (Å²) in [6.07, 6.45) is 4.42. The van der Waals surface area contributed by atoms with Gasteiger partial charge in [0.15, 0.2) is 5.96 Å². The van der Waals surface area contributed by atoms with Crippen LogP contribution in [0.5, 0.6) is 0 Å². The molecule has 1 amide bonds. The van der Waals surface area contributed by atoms with Gasteiger partial charge in [-0.25, -0.2) is 4.79 Å². The Bertz CT molecular complexity index is 543. The lowest BCUT2D eigenvalue weighted by atomic mass is 10.1. The Morgan fingerprint density at radius 2 is 2.17 bits per heavy atom. The van der Waals surface area contributed by atoms with Crippen molar-refractivity contribution in [3.05, 3.63) is 18.5 Å². The minimum Gasteiger partial charge on any atom is -0.444 e. The summed E-state index contributed by atoms with van der Waals surface area (Å²) in [5.74, 6) is 0.754. The average Bonchev–Trinajstić information content (AvgIpc) is 2.95. The second-order valence-electron chi connectivity index (χ2n) is 6.85. The molecule has 1 aromatic rings. The molecule has 0 unspecified atom stereocenters. The number of carbonyl (C=O) groups excluding carboxylic acids is 1. The third-order valence-electron chi connectivity index (χ3n) is 3.51. The first-order valence-electron chi connectivity index (χ1n) is 8.30. The second kappa shape index (κ2) is 8.03. The maximum atomic E-state index is 11.9. The summed E-state index contributed by atoms with van der Waals surface area (Å²) >= 11 is 0. The van der Waals surface area contributed by atoms with Gasteiger partial charge >= 0.3 is 6.09 Å². The number of carbonyl (C=O) groups is 1. The molecule has 24 heavy (non-hydrogen) atoms. The van der Waals surface area contributed by atoms with E-state index < -0.39 is 5.60 Å². The minimum atomic E-state index is -0.457. The molecule has 0 aromatic carbocycles. The highest BCUT2D eigenvalue weighted by molar-refractivity contribution is 5.80. The van der Waals surface area contributed by atoms with E-state index in [2.05, 4.69) is 20.7 Å². The number of nitrogens with one attached hydrogen (secondary N) is 2. The number of aliphatic imine (C=N–C) groups is 1. The van der Waals surface area contributed by atoms with Crippen LogP contribution in [0.2, 0.25) is 0 Å². The lowest BCUT2D eigenvalue weighted by Gasteiger charge is -2.40. The first-order valence-corrected chi connectivity index (χ1v) is 8.30. The third-order valence-corrected chi connectivity index (χ3v) is 3.51. The van der Waals surface area contributed by atoms with Gasteiger partial charge in [-0.05, 0) is 33.3 Å². The van der Waals surface area contributed by atoms with E-state index in [0.717, 1.165) is 25.5 Å². The smallest absolute Gasteiger partial charge is 0.410 e. The van der Waals surface area contributed by atoms with Gasteiger partial charge in [0.1, 0.15) is 5.60 Å². The Kier molecular flexibility index (Phi) is 6.05. The molecule has 1 aliphatic rings. The highest BCUT2D eigenvalue weighted by Gasteiger charge is 2.34. The number of rotatable bonds is 5. The number of hydrogen-bond donors (Lipinski definition) is 2. The van der Waals surface area contributed by atoms with E-state index in [-0.39, 0.29) is 12.1 Å². The molecule has 1 fully saturated rings. The lowest BCUT2D eigenvalue weighted by molar-refractivity contribution is 0.00701. The van der Waals surface area contributed by atoms with E-state index in [1.807, 2.05) is 37.7 Å². The van der Waals surface area contributed by atoms with Gasteiger partial charge < -0.3 is 20.3 Å². The van der Waals surface area contributed by atoms with Crippen LogP contribution in [0.1, 0.15) is 27.2 Å². The normalized spacial score (nSPS) is 15.8. The fourth-order valence-corrected chi connectivity index (χ4v) is 2.31. The van der Waals surface area contributed by atoms with Gasteiger partial charge in [-0.3, -0.25) is 9.67 Å². The lowest BCUT2D eigenvalue weighted by Crippen LogP contribution is -2.63. The summed E-state index contributed by atoms with van der Waals surface area (Å²) in [7, 11) is 1.74. The number of likely N-dealkylation sites (tertiary alicyclic amines) is 1. The van der Waals surface area contributed by atoms with Crippen LogP contribution in [0.3, 0.4) is 0 Å². The van der Waals surface area contributed by atoms with Gasteiger partial charge in [0.25, 0.3) is 0 Å². The van der Waals surface area contributed by atoms with E-state index in [9.17, 15) is 4.79 Å². The molecule has 0 radical (unpaired) electrons. The van der Waals surface area contributed by atoms with Crippen molar-refractivity contribution in [1.82, 2.24) is 25.3 Å². The van der Waals surface area contributed by atoms with Crippen molar-refractivity contribution in [2.75, 3.05) is 26.7 Å². The minimum absolute atomic E-state index is 0.204. The highest BCUT2D eigenvalue weighted by atomic mass is 16.6. The molecular formula is C16H28N6O2. The summed E-state index contributed by atoms with van der Waals surface area (Å²) in [4.78, 5) is 17.8. The van der Waals surface area contributed by atoms with Crippen LogP contribution < -0.4 is 10.6 Å². The Hall–Kier alpha value is -2.25. The Balaban J connectivity index is 1.61. The average molecular weight is 336 g/mol. The SMILES string of the molecule is CN=C(NCCCn1cccn1)NC1CN(C(=O)OC(C)(C)C)C1. The molecule has 1 aromatic heterocycles. The van der Waals surface area contributed by atoms with Crippen molar-refractivity contribution < 1.29 is 9.53 Å². The maximum absolute atomic E-state index is 11.9. The molecule has 0 atom stereocenters. The molecule has 1 aliphatic heterocycles.